The van der Waals surface area contributed by atoms with E-state index in [0.29, 0.717) is 42.8 Å². The van der Waals surface area contributed by atoms with E-state index in [2.05, 4.69) is 20.6 Å². The lowest BCUT2D eigenvalue weighted by atomic mass is 10.2. The molecule has 4 rings (SSSR count). The fourth-order valence-corrected chi connectivity index (χ4v) is 2.49. The second kappa shape index (κ2) is 7.14. The van der Waals surface area contributed by atoms with Crippen molar-refractivity contribution < 1.29 is 18.7 Å². The SMILES string of the molecule is O=C(Nc1ccc2c(c1)OCCO2)c1cc(NCc2ccco2)ncn1. The van der Waals surface area contributed by atoms with Crippen LogP contribution in [0.3, 0.4) is 0 Å². The molecule has 1 aliphatic heterocycles. The van der Waals surface area contributed by atoms with Crippen molar-refractivity contribution in [2.45, 2.75) is 6.54 Å². The van der Waals surface area contributed by atoms with Gasteiger partial charge < -0.3 is 24.5 Å². The fraction of sp³-hybridized carbons (Fsp3) is 0.167. The van der Waals surface area contributed by atoms with Gasteiger partial charge in [-0.15, -0.1) is 0 Å². The molecule has 0 bridgehead atoms. The first-order chi connectivity index (χ1) is 12.8. The number of fused-ring (bicyclic) bond motifs is 1. The Morgan fingerprint density at radius 1 is 1.08 bits per heavy atom. The summed E-state index contributed by atoms with van der Waals surface area (Å²) in [6, 6.07) is 10.5. The monoisotopic (exact) mass is 352 g/mol. The Hall–Kier alpha value is -3.55. The highest BCUT2D eigenvalue weighted by atomic mass is 16.6. The van der Waals surface area contributed by atoms with E-state index in [1.807, 2.05) is 12.1 Å². The Kier molecular flexibility index (Phi) is 4.38. The van der Waals surface area contributed by atoms with Gasteiger partial charge in [0.15, 0.2) is 11.5 Å². The third-order valence-corrected chi connectivity index (χ3v) is 3.72. The van der Waals surface area contributed by atoms with E-state index < -0.39 is 0 Å². The van der Waals surface area contributed by atoms with Gasteiger partial charge in [-0.25, -0.2) is 9.97 Å². The molecule has 26 heavy (non-hydrogen) atoms. The molecule has 0 radical (unpaired) electrons. The number of hydrogen-bond acceptors (Lipinski definition) is 7. The van der Waals surface area contributed by atoms with E-state index in [-0.39, 0.29) is 11.6 Å². The maximum absolute atomic E-state index is 12.4. The highest BCUT2D eigenvalue weighted by Crippen LogP contribution is 2.32. The van der Waals surface area contributed by atoms with Gasteiger partial charge in [0.05, 0.1) is 12.8 Å². The minimum absolute atomic E-state index is 0.247. The zero-order valence-electron chi connectivity index (χ0n) is 13.8. The van der Waals surface area contributed by atoms with Gasteiger partial charge in [-0.1, -0.05) is 0 Å². The van der Waals surface area contributed by atoms with Crippen molar-refractivity contribution >= 4 is 17.4 Å². The highest BCUT2D eigenvalue weighted by molar-refractivity contribution is 6.03. The number of benzene rings is 1. The lowest BCUT2D eigenvalue weighted by molar-refractivity contribution is 0.102. The van der Waals surface area contributed by atoms with Crippen molar-refractivity contribution in [3.63, 3.8) is 0 Å². The standard InChI is InChI=1S/C18H16N4O4/c23-18(22-12-3-4-15-16(8-12)26-7-6-25-15)14-9-17(21-11-20-14)19-10-13-2-1-5-24-13/h1-5,8-9,11H,6-7,10H2,(H,22,23)(H,19,20,21). The Morgan fingerprint density at radius 3 is 2.81 bits per heavy atom. The van der Waals surface area contributed by atoms with Gasteiger partial charge in [0.1, 0.15) is 36.8 Å². The molecule has 0 fully saturated rings. The predicted molar refractivity (Wildman–Crippen MR) is 93.5 cm³/mol. The van der Waals surface area contributed by atoms with E-state index in [9.17, 15) is 4.79 Å². The number of nitrogens with one attached hydrogen (secondary N) is 2. The highest BCUT2D eigenvalue weighted by Gasteiger charge is 2.14. The molecule has 0 spiro atoms. The van der Waals surface area contributed by atoms with Crippen molar-refractivity contribution in [1.29, 1.82) is 0 Å². The number of carbonyl (C=O) groups excluding carboxylic acids is 1. The number of anilines is 2. The van der Waals surface area contributed by atoms with Crippen LogP contribution >= 0.6 is 0 Å². The first-order valence-corrected chi connectivity index (χ1v) is 8.07. The number of ether oxygens (including phenoxy) is 2. The molecule has 0 saturated heterocycles. The van der Waals surface area contributed by atoms with Crippen LogP contribution in [0.15, 0.2) is 53.4 Å². The Bertz CT molecular complexity index is 911. The summed E-state index contributed by atoms with van der Waals surface area (Å²) in [6.07, 6.45) is 2.94. The van der Waals surface area contributed by atoms with Gasteiger partial charge in [0, 0.05) is 17.8 Å². The quantitative estimate of drug-likeness (QED) is 0.728. The Morgan fingerprint density at radius 2 is 1.96 bits per heavy atom. The molecule has 3 heterocycles. The maximum Gasteiger partial charge on any atom is 0.274 e. The largest absolute Gasteiger partial charge is 0.486 e. The van der Waals surface area contributed by atoms with Gasteiger partial charge in [-0.05, 0) is 24.3 Å². The van der Waals surface area contributed by atoms with Gasteiger partial charge in [0.2, 0.25) is 0 Å². The molecule has 0 atom stereocenters. The van der Waals surface area contributed by atoms with Gasteiger partial charge in [-0.2, -0.15) is 0 Å². The number of carbonyl (C=O) groups is 1. The average Bonchev–Trinajstić information content (AvgIpc) is 3.20. The summed E-state index contributed by atoms with van der Waals surface area (Å²) in [5.74, 6) is 2.23. The summed E-state index contributed by atoms with van der Waals surface area (Å²) in [7, 11) is 0. The molecular formula is C18H16N4O4. The average molecular weight is 352 g/mol. The molecule has 2 N–H and O–H groups in total. The van der Waals surface area contributed by atoms with E-state index in [0.717, 1.165) is 5.76 Å². The summed E-state index contributed by atoms with van der Waals surface area (Å²) in [6.45, 7) is 1.47. The summed E-state index contributed by atoms with van der Waals surface area (Å²) in [5, 5.41) is 5.88. The molecular weight excluding hydrogens is 336 g/mol. The van der Waals surface area contributed by atoms with Crippen LogP contribution in [0, 0.1) is 0 Å². The minimum atomic E-state index is -0.342. The second-order valence-corrected chi connectivity index (χ2v) is 5.53. The summed E-state index contributed by atoms with van der Waals surface area (Å²) >= 11 is 0. The first-order valence-electron chi connectivity index (χ1n) is 8.07. The maximum atomic E-state index is 12.4. The summed E-state index contributed by atoms with van der Waals surface area (Å²) < 4.78 is 16.2. The number of rotatable bonds is 5. The van der Waals surface area contributed by atoms with Crippen molar-refractivity contribution in [3.05, 3.63) is 60.4 Å². The van der Waals surface area contributed by atoms with Gasteiger partial charge >= 0.3 is 0 Å². The fourth-order valence-electron chi connectivity index (χ4n) is 2.49. The van der Waals surface area contributed by atoms with E-state index >= 15 is 0 Å². The van der Waals surface area contributed by atoms with Crippen LogP contribution in [0.4, 0.5) is 11.5 Å². The van der Waals surface area contributed by atoms with Crippen molar-refractivity contribution in [3.8, 4) is 11.5 Å². The van der Waals surface area contributed by atoms with Crippen molar-refractivity contribution in [1.82, 2.24) is 9.97 Å². The molecule has 2 aromatic heterocycles. The minimum Gasteiger partial charge on any atom is -0.486 e. The first kappa shape index (κ1) is 15.9. The molecule has 8 heteroatoms. The Labute approximate surface area is 149 Å². The molecule has 0 aliphatic carbocycles. The lowest BCUT2D eigenvalue weighted by Gasteiger charge is -2.19. The van der Waals surface area contributed by atoms with Crippen LogP contribution in [0.1, 0.15) is 16.2 Å². The number of amides is 1. The van der Waals surface area contributed by atoms with Crippen LogP contribution < -0.4 is 20.1 Å². The number of nitrogens with zero attached hydrogens (tertiary/aromatic N) is 2. The third kappa shape index (κ3) is 3.59. The zero-order chi connectivity index (χ0) is 17.8. The zero-order valence-corrected chi connectivity index (χ0v) is 13.8. The molecule has 1 amide bonds. The third-order valence-electron chi connectivity index (χ3n) is 3.72. The lowest BCUT2D eigenvalue weighted by Crippen LogP contribution is -2.17. The Balaban J connectivity index is 1.43. The van der Waals surface area contributed by atoms with Crippen LogP contribution in [-0.2, 0) is 6.54 Å². The number of aromatic nitrogens is 2. The number of hydrogen-bond donors (Lipinski definition) is 2. The topological polar surface area (TPSA) is 98.5 Å². The molecule has 1 aromatic carbocycles. The van der Waals surface area contributed by atoms with Crippen molar-refractivity contribution in [2.75, 3.05) is 23.8 Å². The molecule has 8 nitrogen and oxygen atoms in total. The van der Waals surface area contributed by atoms with Crippen LogP contribution in [0.5, 0.6) is 11.5 Å². The predicted octanol–water partition coefficient (Wildman–Crippen LogP) is 2.71. The van der Waals surface area contributed by atoms with Gasteiger partial charge in [0.25, 0.3) is 5.91 Å². The van der Waals surface area contributed by atoms with Gasteiger partial charge in [-0.3, -0.25) is 4.79 Å². The van der Waals surface area contributed by atoms with Crippen LogP contribution in [0.2, 0.25) is 0 Å². The second-order valence-electron chi connectivity index (χ2n) is 5.53. The smallest absolute Gasteiger partial charge is 0.274 e. The van der Waals surface area contributed by atoms with E-state index in [1.165, 1.54) is 6.33 Å². The molecule has 1 aliphatic rings. The normalized spacial score (nSPS) is 12.5. The summed E-state index contributed by atoms with van der Waals surface area (Å²) in [4.78, 5) is 20.6. The van der Waals surface area contributed by atoms with E-state index in [1.54, 1.807) is 30.5 Å². The molecule has 3 aromatic rings. The van der Waals surface area contributed by atoms with Crippen molar-refractivity contribution in [2.24, 2.45) is 0 Å². The number of furan rings is 1. The molecule has 132 valence electrons. The summed E-state index contributed by atoms with van der Waals surface area (Å²) in [5.41, 5.74) is 0.847. The molecule has 0 saturated carbocycles. The molecule has 0 unspecified atom stereocenters. The van der Waals surface area contributed by atoms with Crippen LogP contribution in [0.25, 0.3) is 0 Å². The van der Waals surface area contributed by atoms with Crippen LogP contribution in [-0.4, -0.2) is 29.1 Å². The van der Waals surface area contributed by atoms with E-state index in [4.69, 9.17) is 13.9 Å².